The molecule has 0 saturated carbocycles. The fourth-order valence-electron chi connectivity index (χ4n) is 2.44. The van der Waals surface area contributed by atoms with E-state index in [2.05, 4.69) is 61.9 Å². The molecule has 0 fully saturated rings. The van der Waals surface area contributed by atoms with Gasteiger partial charge in [0.2, 0.25) is 0 Å². The molecule has 20 heavy (non-hydrogen) atoms. The number of nitrogens with zero attached hydrogens (tertiary/aromatic N) is 1. The molecule has 1 aromatic carbocycles. The van der Waals surface area contributed by atoms with E-state index in [1.54, 1.807) is 11.3 Å². The van der Waals surface area contributed by atoms with Crippen molar-refractivity contribution in [3.8, 4) is 0 Å². The molecule has 0 bridgehead atoms. The van der Waals surface area contributed by atoms with E-state index in [0.29, 0.717) is 6.04 Å². The highest BCUT2D eigenvalue weighted by Gasteiger charge is 2.15. The van der Waals surface area contributed by atoms with Gasteiger partial charge in [0.1, 0.15) is 0 Å². The third-order valence-electron chi connectivity index (χ3n) is 3.44. The van der Waals surface area contributed by atoms with Crippen molar-refractivity contribution in [2.24, 2.45) is 0 Å². The van der Waals surface area contributed by atoms with Crippen molar-refractivity contribution in [3.63, 3.8) is 0 Å². The minimum Gasteiger partial charge on any atom is -0.313 e. The summed E-state index contributed by atoms with van der Waals surface area (Å²) >= 11 is 5.29. The van der Waals surface area contributed by atoms with E-state index in [9.17, 15) is 0 Å². The number of hydrogen-bond acceptors (Lipinski definition) is 3. The summed E-state index contributed by atoms with van der Waals surface area (Å²) in [6.07, 6.45) is 4.69. The van der Waals surface area contributed by atoms with Crippen LogP contribution in [-0.4, -0.2) is 12.0 Å². The number of likely N-dealkylation sites (N-methyl/N-ethyl adjacent to an activating group) is 1. The predicted molar refractivity (Wildman–Crippen MR) is 89.3 cm³/mol. The van der Waals surface area contributed by atoms with Crippen LogP contribution in [0.3, 0.4) is 0 Å². The molecule has 3 rings (SSSR count). The molecule has 0 spiro atoms. The van der Waals surface area contributed by atoms with Crippen LogP contribution in [0, 0.1) is 0 Å². The lowest BCUT2D eigenvalue weighted by Crippen LogP contribution is -2.18. The third kappa shape index (κ3) is 2.77. The lowest BCUT2D eigenvalue weighted by atomic mass is 9.99. The molecule has 4 heteroatoms. The maximum Gasteiger partial charge on any atom is 0.0410 e. The Morgan fingerprint density at radius 1 is 1.30 bits per heavy atom. The standard InChI is InChI=1S/C16H15BrN2S/c1-18-15(7-11-6-12(17)9-19-8-11)14-10-20-16-5-3-2-4-13(14)16/h2-6,8-10,15,18H,7H2,1H3. The molecule has 1 atom stereocenters. The highest BCUT2D eigenvalue weighted by molar-refractivity contribution is 9.10. The Bertz CT molecular complexity index is 723. The molecule has 0 aliphatic heterocycles. The van der Waals surface area contributed by atoms with Crippen LogP contribution in [0.1, 0.15) is 17.2 Å². The van der Waals surface area contributed by atoms with Gasteiger partial charge in [0.05, 0.1) is 0 Å². The second-order valence-electron chi connectivity index (χ2n) is 4.74. The summed E-state index contributed by atoms with van der Waals surface area (Å²) in [5.41, 5.74) is 2.60. The van der Waals surface area contributed by atoms with E-state index < -0.39 is 0 Å². The first-order valence-corrected chi connectivity index (χ1v) is 8.18. The zero-order valence-electron chi connectivity index (χ0n) is 11.1. The van der Waals surface area contributed by atoms with E-state index in [4.69, 9.17) is 0 Å². The minimum atomic E-state index is 0.308. The number of rotatable bonds is 4. The number of nitrogens with one attached hydrogen (secondary N) is 1. The first-order valence-electron chi connectivity index (χ1n) is 6.51. The van der Waals surface area contributed by atoms with Gasteiger partial charge in [0.25, 0.3) is 0 Å². The van der Waals surface area contributed by atoms with Gasteiger partial charge in [-0.25, -0.2) is 0 Å². The average Bonchev–Trinajstić information content (AvgIpc) is 2.89. The number of benzene rings is 1. The van der Waals surface area contributed by atoms with Gasteiger partial charge in [-0.1, -0.05) is 18.2 Å². The Balaban J connectivity index is 1.93. The molecule has 2 heterocycles. The highest BCUT2D eigenvalue weighted by Crippen LogP contribution is 2.31. The molecule has 2 aromatic heterocycles. The van der Waals surface area contributed by atoms with Gasteiger partial charge in [-0.15, -0.1) is 11.3 Å². The summed E-state index contributed by atoms with van der Waals surface area (Å²) in [4.78, 5) is 4.24. The summed E-state index contributed by atoms with van der Waals surface area (Å²) in [5.74, 6) is 0. The summed E-state index contributed by atoms with van der Waals surface area (Å²) in [6, 6.07) is 11.0. The van der Waals surface area contributed by atoms with Crippen molar-refractivity contribution < 1.29 is 0 Å². The molecule has 1 N–H and O–H groups in total. The molecule has 2 nitrogen and oxygen atoms in total. The van der Waals surface area contributed by atoms with Crippen LogP contribution in [0.4, 0.5) is 0 Å². The zero-order valence-corrected chi connectivity index (χ0v) is 13.5. The average molecular weight is 347 g/mol. The van der Waals surface area contributed by atoms with Gasteiger partial charge >= 0.3 is 0 Å². The quantitative estimate of drug-likeness (QED) is 0.748. The van der Waals surface area contributed by atoms with E-state index in [-0.39, 0.29) is 0 Å². The number of hydrogen-bond donors (Lipinski definition) is 1. The van der Waals surface area contributed by atoms with Crippen LogP contribution < -0.4 is 5.32 Å². The SMILES string of the molecule is CNC(Cc1cncc(Br)c1)c1csc2ccccc12. The molecular formula is C16H15BrN2S. The summed E-state index contributed by atoms with van der Waals surface area (Å²) in [7, 11) is 2.02. The molecule has 0 aliphatic rings. The van der Waals surface area contributed by atoms with Gasteiger partial charge in [-0.2, -0.15) is 0 Å². The first-order chi connectivity index (χ1) is 9.78. The van der Waals surface area contributed by atoms with Gasteiger partial charge in [-0.3, -0.25) is 4.98 Å². The number of fused-ring (bicyclic) bond motifs is 1. The lowest BCUT2D eigenvalue weighted by molar-refractivity contribution is 0.596. The number of aromatic nitrogens is 1. The van der Waals surface area contributed by atoms with Crippen molar-refractivity contribution in [2.45, 2.75) is 12.5 Å². The number of thiophene rings is 1. The van der Waals surface area contributed by atoms with Crippen molar-refractivity contribution in [2.75, 3.05) is 7.05 Å². The lowest BCUT2D eigenvalue weighted by Gasteiger charge is -2.16. The fraction of sp³-hybridized carbons (Fsp3) is 0.188. The maximum absolute atomic E-state index is 4.24. The van der Waals surface area contributed by atoms with Crippen LogP contribution in [-0.2, 0) is 6.42 Å². The molecule has 0 saturated heterocycles. The Hall–Kier alpha value is -1.23. The van der Waals surface area contributed by atoms with Gasteiger partial charge < -0.3 is 5.32 Å². The van der Waals surface area contributed by atoms with Crippen molar-refractivity contribution >= 4 is 37.4 Å². The molecule has 3 aromatic rings. The predicted octanol–water partition coefficient (Wildman–Crippen LogP) is 4.56. The Labute approximate surface area is 131 Å². The van der Waals surface area contributed by atoms with E-state index in [0.717, 1.165) is 10.9 Å². The summed E-state index contributed by atoms with van der Waals surface area (Å²) in [5, 5.41) is 7.04. The second kappa shape index (κ2) is 6.04. The molecule has 102 valence electrons. The van der Waals surface area contributed by atoms with Crippen LogP contribution >= 0.6 is 27.3 Å². The van der Waals surface area contributed by atoms with E-state index >= 15 is 0 Å². The van der Waals surface area contributed by atoms with Gasteiger partial charge in [-0.05, 0) is 63.4 Å². The van der Waals surface area contributed by atoms with Crippen molar-refractivity contribution in [3.05, 3.63) is 63.7 Å². The van der Waals surface area contributed by atoms with E-state index in [1.807, 2.05) is 19.4 Å². The van der Waals surface area contributed by atoms with Crippen molar-refractivity contribution in [1.82, 2.24) is 10.3 Å². The number of pyridine rings is 1. The molecule has 0 amide bonds. The van der Waals surface area contributed by atoms with Crippen molar-refractivity contribution in [1.29, 1.82) is 0 Å². The summed E-state index contributed by atoms with van der Waals surface area (Å²) in [6.45, 7) is 0. The van der Waals surface area contributed by atoms with Crippen LogP contribution in [0.5, 0.6) is 0 Å². The Morgan fingerprint density at radius 2 is 2.15 bits per heavy atom. The Morgan fingerprint density at radius 3 is 2.95 bits per heavy atom. The normalized spacial score (nSPS) is 12.7. The fourth-order valence-corrected chi connectivity index (χ4v) is 3.87. The number of halogens is 1. The van der Waals surface area contributed by atoms with Crippen LogP contribution in [0.15, 0.2) is 52.6 Å². The van der Waals surface area contributed by atoms with Gasteiger partial charge in [0.15, 0.2) is 0 Å². The molecule has 0 aliphatic carbocycles. The second-order valence-corrected chi connectivity index (χ2v) is 6.57. The topological polar surface area (TPSA) is 24.9 Å². The van der Waals surface area contributed by atoms with Crippen LogP contribution in [0.2, 0.25) is 0 Å². The minimum absolute atomic E-state index is 0.308. The monoisotopic (exact) mass is 346 g/mol. The highest BCUT2D eigenvalue weighted by atomic mass is 79.9. The smallest absolute Gasteiger partial charge is 0.0410 e. The molecular weight excluding hydrogens is 332 g/mol. The Kier molecular flexibility index (Phi) is 4.15. The third-order valence-corrected chi connectivity index (χ3v) is 4.85. The largest absolute Gasteiger partial charge is 0.313 e. The zero-order chi connectivity index (χ0) is 13.9. The first kappa shape index (κ1) is 13.7. The van der Waals surface area contributed by atoms with E-state index in [1.165, 1.54) is 21.2 Å². The summed E-state index contributed by atoms with van der Waals surface area (Å²) < 4.78 is 2.37. The van der Waals surface area contributed by atoms with Crippen LogP contribution in [0.25, 0.3) is 10.1 Å². The maximum atomic E-state index is 4.24. The molecule has 1 unspecified atom stereocenters. The molecule has 0 radical (unpaired) electrons. The van der Waals surface area contributed by atoms with Gasteiger partial charge in [0, 0.05) is 27.6 Å².